The Labute approximate surface area is 109 Å². The Morgan fingerprint density at radius 1 is 1.50 bits per heavy atom. The summed E-state index contributed by atoms with van der Waals surface area (Å²) in [7, 11) is 0. The van der Waals surface area contributed by atoms with E-state index in [0.29, 0.717) is 19.6 Å². The van der Waals surface area contributed by atoms with Crippen LogP contribution in [0.3, 0.4) is 0 Å². The summed E-state index contributed by atoms with van der Waals surface area (Å²) < 4.78 is 0. The molecule has 2 rings (SSSR count). The van der Waals surface area contributed by atoms with Crippen LogP contribution in [0.25, 0.3) is 0 Å². The van der Waals surface area contributed by atoms with Crippen molar-refractivity contribution in [3.63, 3.8) is 0 Å². The molecule has 7 heteroatoms. The Morgan fingerprint density at radius 3 is 2.83 bits per heavy atom. The number of hydrogen-bond donors (Lipinski definition) is 2. The summed E-state index contributed by atoms with van der Waals surface area (Å²) in [6.07, 6.45) is 1.75. The highest BCUT2D eigenvalue weighted by Crippen LogP contribution is 2.10. The molecule has 0 radical (unpaired) electrons. The molecule has 1 aliphatic rings. The van der Waals surface area contributed by atoms with Crippen molar-refractivity contribution in [1.29, 1.82) is 0 Å². The minimum atomic E-state index is -0.551. The molecule has 1 aromatic rings. The number of aryl methyl sites for hydroxylation is 1. The zero-order chi connectivity index (χ0) is 13.0. The van der Waals surface area contributed by atoms with Crippen molar-refractivity contribution in [3.8, 4) is 0 Å². The molecule has 18 heavy (non-hydrogen) atoms. The lowest BCUT2D eigenvalue weighted by Crippen LogP contribution is -2.51. The Kier molecular flexibility index (Phi) is 4.27. The number of rotatable bonds is 2. The number of nitrogens with zero attached hydrogens (tertiary/aromatic N) is 2. The van der Waals surface area contributed by atoms with Crippen molar-refractivity contribution in [2.45, 2.75) is 13.5 Å². The van der Waals surface area contributed by atoms with E-state index in [1.165, 1.54) is 11.3 Å². The van der Waals surface area contributed by atoms with Gasteiger partial charge in [-0.3, -0.25) is 9.59 Å². The van der Waals surface area contributed by atoms with E-state index in [4.69, 9.17) is 0 Å². The number of aromatic nitrogens is 1. The molecule has 0 unspecified atom stereocenters. The highest BCUT2D eigenvalue weighted by Gasteiger charge is 2.22. The molecule has 2 amide bonds. The summed E-state index contributed by atoms with van der Waals surface area (Å²) in [4.78, 5) is 30.3. The van der Waals surface area contributed by atoms with E-state index in [0.717, 1.165) is 23.0 Å². The first-order valence-electron chi connectivity index (χ1n) is 5.86. The summed E-state index contributed by atoms with van der Waals surface area (Å²) in [6.45, 7) is 4.92. The third kappa shape index (κ3) is 3.27. The monoisotopic (exact) mass is 268 g/mol. The van der Waals surface area contributed by atoms with Crippen LogP contribution in [0, 0.1) is 6.92 Å². The molecular formula is C11H16N4O2S. The van der Waals surface area contributed by atoms with Gasteiger partial charge in [0.25, 0.3) is 0 Å². The van der Waals surface area contributed by atoms with E-state index < -0.39 is 11.8 Å². The number of nitrogens with one attached hydrogen (secondary N) is 2. The third-order valence-electron chi connectivity index (χ3n) is 2.67. The lowest BCUT2D eigenvalue weighted by atomic mass is 10.3. The third-order valence-corrected chi connectivity index (χ3v) is 3.58. The lowest BCUT2D eigenvalue weighted by Gasteiger charge is -2.26. The normalized spacial score (nSPS) is 15.5. The van der Waals surface area contributed by atoms with E-state index >= 15 is 0 Å². The van der Waals surface area contributed by atoms with Gasteiger partial charge >= 0.3 is 11.8 Å². The molecule has 2 N–H and O–H groups in total. The molecule has 0 atom stereocenters. The van der Waals surface area contributed by atoms with Crippen molar-refractivity contribution in [2.24, 2.45) is 0 Å². The van der Waals surface area contributed by atoms with Gasteiger partial charge in [-0.25, -0.2) is 4.98 Å². The quantitative estimate of drug-likeness (QED) is 0.709. The largest absolute Gasteiger partial charge is 0.341 e. The fourth-order valence-electron chi connectivity index (χ4n) is 1.73. The molecule has 0 aromatic carbocycles. The first-order valence-corrected chi connectivity index (χ1v) is 6.67. The maximum Gasteiger partial charge on any atom is 0.311 e. The van der Waals surface area contributed by atoms with Crippen molar-refractivity contribution in [3.05, 3.63) is 16.1 Å². The van der Waals surface area contributed by atoms with Gasteiger partial charge in [0.1, 0.15) is 5.01 Å². The molecule has 0 saturated carbocycles. The van der Waals surface area contributed by atoms with Crippen LogP contribution in [-0.4, -0.2) is 47.9 Å². The maximum absolute atomic E-state index is 11.8. The Bertz CT molecular complexity index is 440. The highest BCUT2D eigenvalue weighted by molar-refractivity contribution is 7.11. The number of amides is 2. The van der Waals surface area contributed by atoms with E-state index in [9.17, 15) is 9.59 Å². The van der Waals surface area contributed by atoms with Crippen LogP contribution >= 0.6 is 11.3 Å². The summed E-state index contributed by atoms with van der Waals surface area (Å²) in [5.74, 6) is -1.01. The minimum absolute atomic E-state index is 0.315. The van der Waals surface area contributed by atoms with E-state index in [1.807, 2.05) is 6.92 Å². The number of piperazine rings is 1. The molecule has 6 nitrogen and oxygen atoms in total. The van der Waals surface area contributed by atoms with Gasteiger partial charge in [-0.2, -0.15) is 0 Å². The van der Waals surface area contributed by atoms with Gasteiger partial charge in [0.2, 0.25) is 0 Å². The van der Waals surface area contributed by atoms with Gasteiger partial charge in [-0.1, -0.05) is 0 Å². The van der Waals surface area contributed by atoms with Crippen molar-refractivity contribution in [2.75, 3.05) is 26.2 Å². The molecular weight excluding hydrogens is 252 g/mol. The van der Waals surface area contributed by atoms with Gasteiger partial charge in [0, 0.05) is 37.3 Å². The van der Waals surface area contributed by atoms with Crippen LogP contribution < -0.4 is 10.6 Å². The first kappa shape index (κ1) is 13.0. The number of thiazole rings is 1. The van der Waals surface area contributed by atoms with Crippen molar-refractivity contribution in [1.82, 2.24) is 20.5 Å². The standard InChI is InChI=1S/C11H16N4O2S/c1-8-6-13-9(18-8)7-14-10(16)11(17)15-4-2-12-3-5-15/h6,12H,2-5,7H2,1H3,(H,14,16). The predicted octanol–water partition coefficient (Wildman–Crippen LogP) is -0.500. The Hall–Kier alpha value is -1.47. The molecule has 1 aromatic heterocycles. The first-order chi connectivity index (χ1) is 8.66. The van der Waals surface area contributed by atoms with Crippen molar-refractivity contribution >= 4 is 23.2 Å². The fourth-order valence-corrected chi connectivity index (χ4v) is 2.45. The predicted molar refractivity (Wildman–Crippen MR) is 68.1 cm³/mol. The summed E-state index contributed by atoms with van der Waals surface area (Å²) >= 11 is 1.52. The molecule has 2 heterocycles. The fraction of sp³-hybridized carbons (Fsp3) is 0.545. The van der Waals surface area contributed by atoms with Crippen molar-refractivity contribution < 1.29 is 9.59 Å². The molecule has 1 saturated heterocycles. The smallest absolute Gasteiger partial charge is 0.311 e. The zero-order valence-electron chi connectivity index (χ0n) is 10.2. The summed E-state index contributed by atoms with van der Waals surface area (Å²) in [5.41, 5.74) is 0. The number of hydrogen-bond acceptors (Lipinski definition) is 5. The van der Waals surface area contributed by atoms with Crippen LogP contribution in [-0.2, 0) is 16.1 Å². The second kappa shape index (κ2) is 5.92. The average Bonchev–Trinajstić information content (AvgIpc) is 2.82. The molecule has 98 valence electrons. The van der Waals surface area contributed by atoms with E-state index in [-0.39, 0.29) is 0 Å². The molecule has 0 spiro atoms. The van der Waals surface area contributed by atoms with Gasteiger partial charge in [-0.05, 0) is 6.92 Å². The van der Waals surface area contributed by atoms with E-state index in [1.54, 1.807) is 11.1 Å². The van der Waals surface area contributed by atoms with Gasteiger partial charge < -0.3 is 15.5 Å². The highest BCUT2D eigenvalue weighted by atomic mass is 32.1. The molecule has 1 fully saturated rings. The second-order valence-corrected chi connectivity index (χ2v) is 5.41. The maximum atomic E-state index is 11.8. The topological polar surface area (TPSA) is 74.3 Å². The second-order valence-electron chi connectivity index (χ2n) is 4.09. The number of carbonyl (C=O) groups is 2. The molecule has 1 aliphatic heterocycles. The summed E-state index contributed by atoms with van der Waals surface area (Å²) in [5, 5.41) is 6.56. The van der Waals surface area contributed by atoms with Crippen LogP contribution in [0.4, 0.5) is 0 Å². The Morgan fingerprint density at radius 2 is 2.22 bits per heavy atom. The van der Waals surface area contributed by atoms with Crippen LogP contribution in [0.15, 0.2) is 6.20 Å². The van der Waals surface area contributed by atoms with Gasteiger partial charge in [-0.15, -0.1) is 11.3 Å². The molecule has 0 aliphatic carbocycles. The number of carbonyl (C=O) groups excluding carboxylic acids is 2. The van der Waals surface area contributed by atoms with Crippen LogP contribution in [0.2, 0.25) is 0 Å². The minimum Gasteiger partial charge on any atom is -0.341 e. The summed E-state index contributed by atoms with van der Waals surface area (Å²) in [6, 6.07) is 0. The van der Waals surface area contributed by atoms with Gasteiger partial charge in [0.05, 0.1) is 6.54 Å². The van der Waals surface area contributed by atoms with Crippen LogP contribution in [0.5, 0.6) is 0 Å². The SMILES string of the molecule is Cc1cnc(CNC(=O)C(=O)N2CCNCC2)s1. The lowest BCUT2D eigenvalue weighted by molar-refractivity contribution is -0.146. The van der Waals surface area contributed by atoms with Crippen LogP contribution in [0.1, 0.15) is 9.88 Å². The van der Waals surface area contributed by atoms with E-state index in [2.05, 4.69) is 15.6 Å². The molecule has 0 bridgehead atoms. The zero-order valence-corrected chi connectivity index (χ0v) is 11.0. The average molecular weight is 268 g/mol. The van der Waals surface area contributed by atoms with Gasteiger partial charge in [0.15, 0.2) is 0 Å². The Balaban J connectivity index is 1.81.